The van der Waals surface area contributed by atoms with E-state index in [1.807, 2.05) is 26.8 Å². The molecule has 0 aliphatic carbocycles. The van der Waals surface area contributed by atoms with Gasteiger partial charge in [0.2, 0.25) is 37.4 Å². The van der Waals surface area contributed by atoms with Crippen LogP contribution in [0.25, 0.3) is 27.7 Å². The molecule has 16 unspecified atom stereocenters. The monoisotopic (exact) mass is 1650 g/mol. The zero-order chi connectivity index (χ0) is 86.9. The third-order valence-electron chi connectivity index (χ3n) is 18.5. The number of hydrogen-bond donors (Lipinski definition) is 6. The molecular formula is C83H90O35. The van der Waals surface area contributed by atoms with Crippen molar-refractivity contribution in [1.29, 1.82) is 0 Å². The molecule has 0 amide bonds. The second-order valence-corrected chi connectivity index (χ2v) is 28.1. The van der Waals surface area contributed by atoms with Crippen LogP contribution in [0.5, 0.6) is 40.2 Å². The summed E-state index contributed by atoms with van der Waals surface area (Å²) in [6.07, 6.45) is -22.8. The standard InChI is InChI=1S/2C24H26O10.C18H20O7.C17H18O8/c2*1-11-9-12(2)29-19-10-17(7-8-18(11)19)33-24-23(32-16(6)28)22(31-15(5)27)21(30-14(4)26)20(34-24)13(3)25;1-8-6-9(2)23-13-7-11(4-5-12(8)13)24-18-16(22)14(20)15(21)17(25-18)10(3)19;1-7-5-12(19)24-11-6-9(3-4-10(7)11)23-17-15(22)13(20)14(21)16(25-17)8(2)18/h2*7-10,20-24H,2H2,1,3-6H3;4-7,14-18,20-22H,2H2,1,3H3;3-6,13-17,20-22H,1-2H3/t2*20?,21?,22?,23-,24?;14?,15?,16-,17?,18?;13?,14?,15-,16?,17?/m0000/s1. The zero-order valence-corrected chi connectivity index (χ0v) is 66.4. The molecule has 8 heterocycles. The quantitative estimate of drug-likeness (QED) is 0.0352. The average Bonchev–Trinajstić information content (AvgIpc) is 0.766. The molecule has 6 N–H and O–H groups in total. The Balaban J connectivity index is 0.000000181. The number of aryl methyl sites for hydroxylation is 1. The van der Waals surface area contributed by atoms with Crippen molar-refractivity contribution in [3.05, 3.63) is 167 Å². The van der Waals surface area contributed by atoms with Crippen molar-refractivity contribution in [2.75, 3.05) is 0 Å². The number of aliphatic hydroxyl groups is 6. The van der Waals surface area contributed by atoms with Crippen LogP contribution < -0.4 is 38.8 Å². The number of Topliss-reactive ketones (excluding diaryl/α,β-unsaturated/α-hetero) is 4. The maximum absolute atomic E-state index is 12.4. The second-order valence-electron chi connectivity index (χ2n) is 28.1. The van der Waals surface area contributed by atoms with Crippen molar-refractivity contribution in [2.45, 2.75) is 220 Å². The van der Waals surface area contributed by atoms with Crippen molar-refractivity contribution in [3.8, 4) is 40.2 Å². The molecule has 4 saturated heterocycles. The van der Waals surface area contributed by atoms with Gasteiger partial charge in [0, 0.05) is 94.0 Å². The number of esters is 6. The van der Waals surface area contributed by atoms with E-state index >= 15 is 0 Å². The Morgan fingerprint density at radius 1 is 0.331 bits per heavy atom. The Hall–Kier alpha value is -11.8. The Labute approximate surface area is 674 Å². The third-order valence-corrected chi connectivity index (χ3v) is 18.5. The number of ketones is 4. The molecule has 35 nitrogen and oxygen atoms in total. The van der Waals surface area contributed by atoms with Crippen LogP contribution in [-0.4, -0.2) is 212 Å². The van der Waals surface area contributed by atoms with Crippen molar-refractivity contribution in [2.24, 2.45) is 0 Å². The summed E-state index contributed by atoms with van der Waals surface area (Å²) in [7, 11) is 0. The molecule has 4 fully saturated rings. The highest BCUT2D eigenvalue weighted by molar-refractivity contribution is 5.85. The first-order chi connectivity index (χ1) is 55.5. The molecule has 12 rings (SSSR count). The Bertz CT molecular complexity index is 4740. The Kier molecular flexibility index (Phi) is 29.4. The molecule has 35 heteroatoms. The molecule has 7 aliphatic heterocycles. The Morgan fingerprint density at radius 2 is 0.610 bits per heavy atom. The number of carbonyl (C=O) groups excluding carboxylic acids is 10. The first-order valence-electron chi connectivity index (χ1n) is 36.5. The van der Waals surface area contributed by atoms with E-state index in [0.717, 1.165) is 80.5 Å². The largest absolute Gasteiger partial charge is 0.462 e. The van der Waals surface area contributed by atoms with Gasteiger partial charge in [-0.2, -0.15) is 0 Å². The maximum Gasteiger partial charge on any atom is 0.336 e. The van der Waals surface area contributed by atoms with Crippen LogP contribution >= 0.6 is 0 Å². The summed E-state index contributed by atoms with van der Waals surface area (Å²) in [5.41, 5.74) is 5.93. The first-order valence-corrected chi connectivity index (χ1v) is 36.5. The number of ether oxygens (including phenoxy) is 17. The highest BCUT2D eigenvalue weighted by Gasteiger charge is 2.57. The summed E-state index contributed by atoms with van der Waals surface area (Å²) in [5.74, 6) is -2.49. The lowest BCUT2D eigenvalue weighted by molar-refractivity contribution is -0.277. The molecule has 0 spiro atoms. The Morgan fingerprint density at radius 3 is 0.924 bits per heavy atom. The highest BCUT2D eigenvalue weighted by atomic mass is 16.8. The summed E-state index contributed by atoms with van der Waals surface area (Å²) in [5, 5.41) is 60.2. The van der Waals surface area contributed by atoms with Crippen LogP contribution in [0.2, 0.25) is 0 Å². The van der Waals surface area contributed by atoms with Gasteiger partial charge in [-0.1, -0.05) is 19.7 Å². The minimum Gasteiger partial charge on any atom is -0.462 e. The van der Waals surface area contributed by atoms with E-state index in [9.17, 15) is 83.4 Å². The predicted octanol–water partition coefficient (Wildman–Crippen LogP) is 5.62. The van der Waals surface area contributed by atoms with Gasteiger partial charge in [0.05, 0.1) is 0 Å². The third kappa shape index (κ3) is 22.1. The summed E-state index contributed by atoms with van der Waals surface area (Å²) in [6.45, 7) is 30.6. The molecule has 0 radical (unpaired) electrons. The molecule has 0 bridgehead atoms. The van der Waals surface area contributed by atoms with Gasteiger partial charge in [0.25, 0.3) is 0 Å². The summed E-state index contributed by atoms with van der Waals surface area (Å²) in [4.78, 5) is 130. The van der Waals surface area contributed by atoms with E-state index < -0.39 is 187 Å². The predicted molar refractivity (Wildman–Crippen MR) is 406 cm³/mol. The van der Waals surface area contributed by atoms with Crippen LogP contribution in [0.4, 0.5) is 0 Å². The summed E-state index contributed by atoms with van der Waals surface area (Å²) < 4.78 is 99.0. The lowest BCUT2D eigenvalue weighted by Gasteiger charge is -2.43. The van der Waals surface area contributed by atoms with Crippen molar-refractivity contribution in [3.63, 3.8) is 0 Å². The number of fused-ring (bicyclic) bond motifs is 4. The fourth-order valence-corrected chi connectivity index (χ4v) is 13.3. The molecule has 0 saturated carbocycles. The average molecular weight is 1650 g/mol. The molecule has 632 valence electrons. The second kappa shape index (κ2) is 38.5. The molecule has 20 atom stereocenters. The first kappa shape index (κ1) is 90.2. The van der Waals surface area contributed by atoms with E-state index in [2.05, 4.69) is 19.7 Å². The van der Waals surface area contributed by atoms with Crippen molar-refractivity contribution < 1.29 is 164 Å². The maximum atomic E-state index is 12.4. The number of rotatable bonds is 18. The van der Waals surface area contributed by atoms with Gasteiger partial charge in [-0.15, -0.1) is 0 Å². The lowest BCUT2D eigenvalue weighted by atomic mass is 9.95. The van der Waals surface area contributed by atoms with Gasteiger partial charge in [0.1, 0.15) is 112 Å². The number of benzene rings is 4. The molecule has 1 aromatic heterocycles. The molecule has 4 aromatic carbocycles. The zero-order valence-electron chi connectivity index (χ0n) is 66.4. The van der Waals surface area contributed by atoms with Gasteiger partial charge in [-0.3, -0.25) is 47.9 Å². The number of aliphatic hydroxyl groups excluding tert-OH is 6. The highest BCUT2D eigenvalue weighted by Crippen LogP contribution is 2.42. The number of allylic oxidation sites excluding steroid dienone is 6. The normalized spacial score (nSPS) is 27.8. The van der Waals surface area contributed by atoms with Crippen LogP contribution in [0.1, 0.15) is 112 Å². The van der Waals surface area contributed by atoms with Gasteiger partial charge in [-0.25, -0.2) is 4.79 Å². The SMILES string of the molecule is C=C1C=C(C)c2ccc(OC3OC(C(C)=O)C(O)C(O)[C@@H]3O)cc2O1.C=C1C=C(C)c2ccc(OC3OC(C(C)=O)C(OC(C)=O)C(OC(C)=O)[C@@H]3OC(C)=O)cc2O1.C=C1C=C(C)c2ccc(OC3OC(C(C)=O)C(OC(C)=O)C(OC(C)=O)[C@@H]3OC(C)=O)cc2O1.CC(=O)C1OC(Oc2ccc3c(C)cc(=O)oc3c2)[C@@H](O)C(O)C1O. The molecular weight excluding hydrogens is 1560 g/mol. The number of carbonyl (C=O) groups is 10. The number of hydrogen-bond acceptors (Lipinski definition) is 35. The van der Waals surface area contributed by atoms with E-state index in [1.54, 1.807) is 85.8 Å². The minimum absolute atomic E-state index is 0.205. The van der Waals surface area contributed by atoms with Crippen LogP contribution in [0, 0.1) is 6.92 Å². The van der Waals surface area contributed by atoms with E-state index in [0.29, 0.717) is 45.7 Å². The molecule has 7 aliphatic rings. The fraction of sp³-hybridized carbons (Fsp3) is 0.410. The van der Waals surface area contributed by atoms with Gasteiger partial charge >= 0.3 is 41.4 Å². The molecule has 118 heavy (non-hydrogen) atoms. The van der Waals surface area contributed by atoms with Crippen LogP contribution in [0.3, 0.4) is 0 Å². The molecule has 5 aromatic rings. The van der Waals surface area contributed by atoms with Gasteiger partial charge in [0.15, 0.2) is 59.8 Å². The lowest BCUT2D eigenvalue weighted by Crippen LogP contribution is -2.64. The summed E-state index contributed by atoms with van der Waals surface area (Å²) >= 11 is 0. The van der Waals surface area contributed by atoms with Crippen molar-refractivity contribution >= 4 is 86.6 Å². The van der Waals surface area contributed by atoms with E-state index in [-0.39, 0.29) is 22.8 Å². The summed E-state index contributed by atoms with van der Waals surface area (Å²) in [6, 6.07) is 21.1. The van der Waals surface area contributed by atoms with Crippen LogP contribution in [-0.2, 0) is 95.3 Å². The minimum atomic E-state index is -1.60. The van der Waals surface area contributed by atoms with E-state index in [4.69, 9.17) is 84.9 Å². The topological polar surface area (TPSA) is 479 Å². The van der Waals surface area contributed by atoms with Gasteiger partial charge < -0.3 is 116 Å². The van der Waals surface area contributed by atoms with Crippen LogP contribution in [0.15, 0.2) is 143 Å². The van der Waals surface area contributed by atoms with E-state index in [1.165, 1.54) is 39.8 Å². The fourth-order valence-electron chi connectivity index (χ4n) is 13.3. The van der Waals surface area contributed by atoms with Gasteiger partial charge in [-0.05, 0) is 144 Å². The van der Waals surface area contributed by atoms with Crippen molar-refractivity contribution in [1.82, 2.24) is 0 Å². The smallest absolute Gasteiger partial charge is 0.336 e.